The summed E-state index contributed by atoms with van der Waals surface area (Å²) in [5, 5.41) is 0. The summed E-state index contributed by atoms with van der Waals surface area (Å²) in [7, 11) is 0. The lowest BCUT2D eigenvalue weighted by atomic mass is 10.1. The summed E-state index contributed by atoms with van der Waals surface area (Å²) >= 11 is 0. The second-order valence-corrected chi connectivity index (χ2v) is 10.1. The first kappa shape index (κ1) is 35.8. The first-order chi connectivity index (χ1) is 18.5. The summed E-state index contributed by atoms with van der Waals surface area (Å²) in [5.74, 6) is -1.48. The number of carbonyl (C=O) groups excluding carboxylic acids is 4. The van der Waals surface area contributed by atoms with E-state index >= 15 is 0 Å². The van der Waals surface area contributed by atoms with E-state index < -0.39 is 12.1 Å². The van der Waals surface area contributed by atoms with Crippen LogP contribution in [0.5, 0.6) is 0 Å². The van der Waals surface area contributed by atoms with Crippen molar-refractivity contribution in [3.63, 3.8) is 0 Å². The summed E-state index contributed by atoms with van der Waals surface area (Å²) < 4.78 is 15.8. The zero-order valence-corrected chi connectivity index (χ0v) is 24.2. The van der Waals surface area contributed by atoms with Crippen LogP contribution < -0.4 is 0 Å². The minimum Gasteiger partial charge on any atom is -0.462 e. The van der Waals surface area contributed by atoms with Crippen molar-refractivity contribution < 1.29 is 33.4 Å². The van der Waals surface area contributed by atoms with Gasteiger partial charge in [-0.3, -0.25) is 14.4 Å². The lowest BCUT2D eigenvalue weighted by Crippen LogP contribution is -2.30. The highest BCUT2D eigenvalue weighted by Crippen LogP contribution is 2.12. The lowest BCUT2D eigenvalue weighted by Gasteiger charge is -2.17. The summed E-state index contributed by atoms with van der Waals surface area (Å²) in [6.07, 6.45) is 23.0. The van der Waals surface area contributed by atoms with Crippen molar-refractivity contribution in [3.8, 4) is 0 Å². The summed E-state index contributed by atoms with van der Waals surface area (Å²) in [4.78, 5) is 46.5. The van der Waals surface area contributed by atoms with Gasteiger partial charge in [0.25, 0.3) is 0 Å². The third-order valence-corrected chi connectivity index (χ3v) is 6.42. The van der Waals surface area contributed by atoms with Gasteiger partial charge < -0.3 is 14.2 Å². The maximum absolute atomic E-state index is 12.1. The van der Waals surface area contributed by atoms with Crippen LogP contribution in [0, 0.1) is 0 Å². The van der Waals surface area contributed by atoms with Crippen LogP contribution in [0.2, 0.25) is 0 Å². The summed E-state index contributed by atoms with van der Waals surface area (Å²) in [5.41, 5.74) is 0. The molecular formula is C31H54O7. The first-order valence-corrected chi connectivity index (χ1v) is 15.2. The number of unbranched alkanes of at least 4 members (excludes halogenated alkanes) is 16. The lowest BCUT2D eigenvalue weighted by molar-refractivity contribution is -0.163. The molecule has 38 heavy (non-hydrogen) atoms. The molecule has 0 aromatic rings. The maximum Gasteiger partial charge on any atom is 0.331 e. The van der Waals surface area contributed by atoms with Crippen molar-refractivity contribution in [3.05, 3.63) is 12.2 Å². The molecule has 0 unspecified atom stereocenters. The second-order valence-electron chi connectivity index (χ2n) is 10.1. The van der Waals surface area contributed by atoms with Crippen LogP contribution in [-0.4, -0.2) is 43.5 Å². The number of allylic oxidation sites excluding steroid dienone is 1. The highest BCUT2D eigenvalue weighted by atomic mass is 16.6. The van der Waals surface area contributed by atoms with E-state index in [1.807, 2.05) is 0 Å². The van der Waals surface area contributed by atoms with Gasteiger partial charge in [0, 0.05) is 18.9 Å². The molecule has 0 spiro atoms. The fourth-order valence-electron chi connectivity index (χ4n) is 4.11. The van der Waals surface area contributed by atoms with Gasteiger partial charge in [-0.25, -0.2) is 4.79 Å². The smallest absolute Gasteiger partial charge is 0.331 e. The van der Waals surface area contributed by atoms with E-state index in [0.29, 0.717) is 19.1 Å². The van der Waals surface area contributed by atoms with Crippen LogP contribution in [-0.2, 0) is 33.4 Å². The topological polar surface area (TPSA) is 96.0 Å². The number of rotatable bonds is 27. The quantitative estimate of drug-likeness (QED) is 0.0349. The molecule has 0 radical (unpaired) electrons. The average molecular weight is 539 g/mol. The molecule has 0 aliphatic carbocycles. The number of carbonyl (C=O) groups is 4. The maximum atomic E-state index is 12.1. The monoisotopic (exact) mass is 538 g/mol. The largest absolute Gasteiger partial charge is 0.462 e. The number of hydrogen-bond acceptors (Lipinski definition) is 7. The van der Waals surface area contributed by atoms with Crippen LogP contribution in [0.15, 0.2) is 12.2 Å². The summed E-state index contributed by atoms with van der Waals surface area (Å²) in [6, 6.07) is 0. The van der Waals surface area contributed by atoms with E-state index in [1.165, 1.54) is 77.0 Å². The van der Waals surface area contributed by atoms with Crippen molar-refractivity contribution in [1.82, 2.24) is 0 Å². The fourth-order valence-corrected chi connectivity index (χ4v) is 4.11. The molecule has 220 valence electrons. The van der Waals surface area contributed by atoms with E-state index in [0.717, 1.165) is 50.7 Å². The Morgan fingerprint density at radius 1 is 0.579 bits per heavy atom. The van der Waals surface area contributed by atoms with E-state index in [9.17, 15) is 19.2 Å². The molecule has 0 aliphatic rings. The predicted octanol–water partition coefficient (Wildman–Crippen LogP) is 7.58. The highest BCUT2D eigenvalue weighted by Gasteiger charge is 2.18. The van der Waals surface area contributed by atoms with Crippen molar-refractivity contribution in [2.75, 3.05) is 13.2 Å². The molecule has 0 aliphatic heterocycles. The van der Waals surface area contributed by atoms with Crippen LogP contribution >= 0.6 is 0 Å². The van der Waals surface area contributed by atoms with Gasteiger partial charge in [0.2, 0.25) is 0 Å². The van der Waals surface area contributed by atoms with E-state index in [2.05, 4.69) is 13.8 Å². The molecule has 0 heterocycles. The van der Waals surface area contributed by atoms with E-state index in [4.69, 9.17) is 14.2 Å². The molecule has 0 rings (SSSR count). The molecular weight excluding hydrogens is 484 g/mol. The third-order valence-electron chi connectivity index (χ3n) is 6.42. The Morgan fingerprint density at radius 2 is 0.947 bits per heavy atom. The van der Waals surface area contributed by atoms with Crippen LogP contribution in [0.4, 0.5) is 0 Å². The molecule has 0 saturated carbocycles. The van der Waals surface area contributed by atoms with Crippen molar-refractivity contribution >= 4 is 24.2 Å². The van der Waals surface area contributed by atoms with Gasteiger partial charge in [-0.05, 0) is 18.9 Å². The normalized spacial score (nSPS) is 11.1. The Kier molecular flexibility index (Phi) is 26.2. The number of ether oxygens (including phenoxy) is 3. The molecule has 0 N–H and O–H groups in total. The minimum absolute atomic E-state index is 0.192. The molecule has 7 heteroatoms. The number of esters is 3. The second kappa shape index (κ2) is 27.8. The standard InChI is InChI=1S/C31H54O7/c1-3-5-7-9-11-13-15-17-19-22-29(33)36-26-28(38-31(35)24-21-25-32)27-37-30(34)23-20-18-16-14-12-10-8-6-4-2/h21,24-25,28H,3-20,22-23,26-27H2,1-2H3/b24-21+. The molecule has 7 nitrogen and oxygen atoms in total. The van der Waals surface area contributed by atoms with Crippen LogP contribution in [0.25, 0.3) is 0 Å². The Balaban J connectivity index is 4.17. The Bertz CT molecular complexity index is 592. The molecule has 0 saturated heterocycles. The Hall–Kier alpha value is -2.18. The molecule has 0 aromatic heterocycles. The molecule has 0 fully saturated rings. The Morgan fingerprint density at radius 3 is 1.32 bits per heavy atom. The van der Waals surface area contributed by atoms with E-state index in [-0.39, 0.29) is 25.2 Å². The Labute approximate surface area is 231 Å². The summed E-state index contributed by atoms with van der Waals surface area (Å²) in [6.45, 7) is 4.04. The van der Waals surface area contributed by atoms with Gasteiger partial charge in [-0.1, -0.05) is 117 Å². The van der Waals surface area contributed by atoms with Gasteiger partial charge >= 0.3 is 17.9 Å². The van der Waals surface area contributed by atoms with Crippen LogP contribution in [0.1, 0.15) is 142 Å². The van der Waals surface area contributed by atoms with Crippen LogP contribution in [0.3, 0.4) is 0 Å². The minimum atomic E-state index is -0.919. The zero-order valence-electron chi connectivity index (χ0n) is 24.2. The highest BCUT2D eigenvalue weighted by molar-refractivity contribution is 5.86. The molecule has 0 atom stereocenters. The first-order valence-electron chi connectivity index (χ1n) is 15.2. The molecule has 0 aromatic carbocycles. The van der Waals surface area contributed by atoms with Gasteiger partial charge in [-0.15, -0.1) is 0 Å². The van der Waals surface area contributed by atoms with Crippen molar-refractivity contribution in [1.29, 1.82) is 0 Å². The van der Waals surface area contributed by atoms with E-state index in [1.54, 1.807) is 0 Å². The van der Waals surface area contributed by atoms with Crippen molar-refractivity contribution in [2.45, 2.75) is 148 Å². The zero-order chi connectivity index (χ0) is 28.1. The van der Waals surface area contributed by atoms with Gasteiger partial charge in [-0.2, -0.15) is 0 Å². The van der Waals surface area contributed by atoms with Gasteiger partial charge in [0.05, 0.1) is 0 Å². The number of aldehydes is 1. The molecule has 0 bridgehead atoms. The predicted molar refractivity (Wildman–Crippen MR) is 151 cm³/mol. The SMILES string of the molecule is CCCCCCCCCCCC(=O)OCC(COC(=O)CCCCCCCCCCC)OC(=O)/C=C/C=O. The van der Waals surface area contributed by atoms with Gasteiger partial charge in [0.15, 0.2) is 6.10 Å². The fraction of sp³-hybridized carbons (Fsp3) is 0.806. The average Bonchev–Trinajstić information content (AvgIpc) is 2.91. The molecule has 0 amide bonds. The third kappa shape index (κ3) is 25.5. The van der Waals surface area contributed by atoms with Crippen molar-refractivity contribution in [2.24, 2.45) is 0 Å². The van der Waals surface area contributed by atoms with Gasteiger partial charge in [0.1, 0.15) is 19.5 Å². The number of hydrogen-bond donors (Lipinski definition) is 0.